The first-order valence-corrected chi connectivity index (χ1v) is 9.45. The molecule has 1 aliphatic carbocycles. The molecule has 140 valence electrons. The molecule has 0 bridgehead atoms. The van der Waals surface area contributed by atoms with Gasteiger partial charge in [0.2, 0.25) is 11.8 Å². The SMILES string of the molecule is COc1cccc(N2C[C@H](C(=O)N[C@H](c3ccccc3)C3CC3)CC2=O)c1. The Morgan fingerprint density at radius 1 is 1.15 bits per heavy atom. The largest absolute Gasteiger partial charge is 0.497 e. The molecule has 1 aliphatic heterocycles. The fourth-order valence-electron chi connectivity index (χ4n) is 3.75. The fraction of sp³-hybridized carbons (Fsp3) is 0.364. The highest BCUT2D eigenvalue weighted by Crippen LogP contribution is 2.41. The number of amides is 2. The van der Waals surface area contributed by atoms with Gasteiger partial charge >= 0.3 is 0 Å². The number of carbonyl (C=O) groups excluding carboxylic acids is 2. The lowest BCUT2D eigenvalue weighted by atomic mass is 10.0. The van der Waals surface area contributed by atoms with E-state index >= 15 is 0 Å². The number of carbonyl (C=O) groups is 2. The van der Waals surface area contributed by atoms with Gasteiger partial charge in [-0.1, -0.05) is 36.4 Å². The molecule has 1 saturated carbocycles. The molecular weight excluding hydrogens is 340 g/mol. The van der Waals surface area contributed by atoms with E-state index < -0.39 is 0 Å². The average Bonchev–Trinajstić information content (AvgIpc) is 3.47. The number of benzene rings is 2. The van der Waals surface area contributed by atoms with Gasteiger partial charge in [-0.25, -0.2) is 0 Å². The van der Waals surface area contributed by atoms with Crippen LogP contribution in [0, 0.1) is 11.8 Å². The summed E-state index contributed by atoms with van der Waals surface area (Å²) in [6, 6.07) is 17.5. The van der Waals surface area contributed by atoms with Gasteiger partial charge in [-0.2, -0.15) is 0 Å². The third-order valence-corrected chi connectivity index (χ3v) is 5.41. The molecule has 4 rings (SSSR count). The smallest absolute Gasteiger partial charge is 0.227 e. The van der Waals surface area contributed by atoms with Crippen LogP contribution in [0.4, 0.5) is 5.69 Å². The highest BCUT2D eigenvalue weighted by molar-refractivity contribution is 6.00. The Morgan fingerprint density at radius 3 is 2.63 bits per heavy atom. The Balaban J connectivity index is 1.46. The topological polar surface area (TPSA) is 58.6 Å². The first-order valence-electron chi connectivity index (χ1n) is 9.45. The molecule has 0 radical (unpaired) electrons. The first kappa shape index (κ1) is 17.6. The molecule has 2 fully saturated rings. The van der Waals surface area contributed by atoms with Crippen LogP contribution in [0.5, 0.6) is 5.75 Å². The van der Waals surface area contributed by atoms with Crippen LogP contribution in [0.3, 0.4) is 0 Å². The second-order valence-corrected chi connectivity index (χ2v) is 7.34. The number of anilines is 1. The summed E-state index contributed by atoms with van der Waals surface area (Å²) in [5.41, 5.74) is 1.92. The third kappa shape index (κ3) is 3.82. The summed E-state index contributed by atoms with van der Waals surface area (Å²) in [7, 11) is 1.60. The molecule has 5 nitrogen and oxygen atoms in total. The molecule has 2 aromatic carbocycles. The molecule has 2 aliphatic rings. The lowest BCUT2D eigenvalue weighted by Gasteiger charge is -2.21. The predicted molar refractivity (Wildman–Crippen MR) is 104 cm³/mol. The Kier molecular flexibility index (Phi) is 4.84. The van der Waals surface area contributed by atoms with E-state index in [1.165, 1.54) is 0 Å². The van der Waals surface area contributed by atoms with Crippen LogP contribution in [0.2, 0.25) is 0 Å². The van der Waals surface area contributed by atoms with Crippen molar-refractivity contribution in [2.24, 2.45) is 11.8 Å². The van der Waals surface area contributed by atoms with E-state index in [2.05, 4.69) is 17.4 Å². The molecule has 1 heterocycles. The summed E-state index contributed by atoms with van der Waals surface area (Å²) in [5, 5.41) is 3.21. The van der Waals surface area contributed by atoms with Crippen LogP contribution in [0.25, 0.3) is 0 Å². The van der Waals surface area contributed by atoms with E-state index in [1.807, 2.05) is 42.5 Å². The van der Waals surface area contributed by atoms with E-state index in [0.717, 1.165) is 24.1 Å². The molecule has 0 aromatic heterocycles. The summed E-state index contributed by atoms with van der Waals surface area (Å²) >= 11 is 0. The van der Waals surface area contributed by atoms with Gasteiger partial charge in [-0.3, -0.25) is 9.59 Å². The fourth-order valence-corrected chi connectivity index (χ4v) is 3.75. The lowest BCUT2D eigenvalue weighted by molar-refractivity contribution is -0.127. The Morgan fingerprint density at radius 2 is 1.93 bits per heavy atom. The van der Waals surface area contributed by atoms with Gasteiger partial charge in [-0.05, 0) is 36.5 Å². The number of ether oxygens (including phenoxy) is 1. The van der Waals surface area contributed by atoms with Gasteiger partial charge < -0.3 is 15.0 Å². The summed E-state index contributed by atoms with van der Waals surface area (Å²) in [5.74, 6) is 0.822. The summed E-state index contributed by atoms with van der Waals surface area (Å²) < 4.78 is 5.24. The van der Waals surface area contributed by atoms with Crippen molar-refractivity contribution >= 4 is 17.5 Å². The van der Waals surface area contributed by atoms with E-state index in [9.17, 15) is 9.59 Å². The molecule has 27 heavy (non-hydrogen) atoms. The molecule has 0 unspecified atom stereocenters. The molecule has 2 aromatic rings. The molecular formula is C22H24N2O3. The average molecular weight is 364 g/mol. The zero-order valence-electron chi connectivity index (χ0n) is 15.4. The second-order valence-electron chi connectivity index (χ2n) is 7.34. The van der Waals surface area contributed by atoms with Gasteiger partial charge in [-0.15, -0.1) is 0 Å². The molecule has 2 amide bonds. The Bertz CT molecular complexity index is 832. The van der Waals surface area contributed by atoms with E-state index in [1.54, 1.807) is 12.0 Å². The summed E-state index contributed by atoms with van der Waals surface area (Å²) in [6.45, 7) is 0.407. The van der Waals surface area contributed by atoms with Crippen molar-refractivity contribution in [3.63, 3.8) is 0 Å². The minimum atomic E-state index is -0.325. The number of hydrogen-bond acceptors (Lipinski definition) is 3. The zero-order valence-corrected chi connectivity index (χ0v) is 15.4. The molecule has 1 saturated heterocycles. The Hall–Kier alpha value is -2.82. The molecule has 1 N–H and O–H groups in total. The number of rotatable bonds is 6. The maximum absolute atomic E-state index is 12.9. The van der Waals surface area contributed by atoms with Crippen LogP contribution >= 0.6 is 0 Å². The van der Waals surface area contributed by atoms with Gasteiger partial charge in [0.05, 0.1) is 19.1 Å². The van der Waals surface area contributed by atoms with Crippen molar-refractivity contribution in [3.8, 4) is 5.75 Å². The normalized spacial score (nSPS) is 20.4. The van der Waals surface area contributed by atoms with Crippen LogP contribution < -0.4 is 15.0 Å². The highest BCUT2D eigenvalue weighted by Gasteiger charge is 2.39. The van der Waals surface area contributed by atoms with Gasteiger partial charge in [0.1, 0.15) is 5.75 Å². The van der Waals surface area contributed by atoms with Crippen molar-refractivity contribution in [1.29, 1.82) is 0 Å². The predicted octanol–water partition coefficient (Wildman–Crippen LogP) is 3.32. The van der Waals surface area contributed by atoms with Crippen molar-refractivity contribution in [1.82, 2.24) is 5.32 Å². The standard InChI is InChI=1S/C22H24N2O3/c1-27-19-9-5-8-18(13-19)24-14-17(12-20(24)25)22(26)23-21(16-10-11-16)15-6-3-2-4-7-15/h2-9,13,16-17,21H,10-12,14H2,1H3,(H,23,26)/t17-,21-/m1/s1. The van der Waals surface area contributed by atoms with Gasteiger partial charge in [0.15, 0.2) is 0 Å². The molecule has 5 heteroatoms. The monoisotopic (exact) mass is 364 g/mol. The minimum Gasteiger partial charge on any atom is -0.497 e. The van der Waals surface area contributed by atoms with Crippen molar-refractivity contribution in [2.75, 3.05) is 18.6 Å². The van der Waals surface area contributed by atoms with Crippen molar-refractivity contribution in [3.05, 3.63) is 60.2 Å². The third-order valence-electron chi connectivity index (χ3n) is 5.41. The maximum Gasteiger partial charge on any atom is 0.227 e. The van der Waals surface area contributed by atoms with E-state index in [-0.39, 0.29) is 30.2 Å². The van der Waals surface area contributed by atoms with Crippen LogP contribution in [-0.4, -0.2) is 25.5 Å². The molecule has 0 spiro atoms. The van der Waals surface area contributed by atoms with E-state index in [4.69, 9.17) is 4.74 Å². The maximum atomic E-state index is 12.9. The summed E-state index contributed by atoms with van der Waals surface area (Å²) in [6.07, 6.45) is 2.52. The number of nitrogens with zero attached hydrogens (tertiary/aromatic N) is 1. The minimum absolute atomic E-state index is 0.0221. The van der Waals surface area contributed by atoms with Crippen LogP contribution in [-0.2, 0) is 9.59 Å². The number of nitrogens with one attached hydrogen (secondary N) is 1. The number of methoxy groups -OCH3 is 1. The lowest BCUT2D eigenvalue weighted by Crippen LogP contribution is -2.36. The highest BCUT2D eigenvalue weighted by atomic mass is 16.5. The second kappa shape index (κ2) is 7.43. The van der Waals surface area contributed by atoms with E-state index in [0.29, 0.717) is 18.2 Å². The van der Waals surface area contributed by atoms with Crippen LogP contribution in [0.1, 0.15) is 30.9 Å². The van der Waals surface area contributed by atoms with Crippen molar-refractivity contribution < 1.29 is 14.3 Å². The quantitative estimate of drug-likeness (QED) is 0.855. The Labute approximate surface area is 159 Å². The van der Waals surface area contributed by atoms with Crippen molar-refractivity contribution in [2.45, 2.75) is 25.3 Å². The van der Waals surface area contributed by atoms with Gasteiger partial charge in [0, 0.05) is 24.7 Å². The zero-order chi connectivity index (χ0) is 18.8. The molecule has 2 atom stereocenters. The van der Waals surface area contributed by atoms with Gasteiger partial charge in [0.25, 0.3) is 0 Å². The van der Waals surface area contributed by atoms with Crippen LogP contribution in [0.15, 0.2) is 54.6 Å². The number of hydrogen-bond donors (Lipinski definition) is 1. The first-order chi connectivity index (χ1) is 13.2. The summed E-state index contributed by atoms with van der Waals surface area (Å²) in [4.78, 5) is 27.1.